The Labute approximate surface area is 111 Å². The van der Waals surface area contributed by atoms with E-state index in [1.165, 1.54) is 4.57 Å². The number of amides is 1. The van der Waals surface area contributed by atoms with Crippen LogP contribution in [0.3, 0.4) is 0 Å². The molecule has 90 valence electrons. The number of aromatic nitrogens is 2. The van der Waals surface area contributed by atoms with Gasteiger partial charge in [-0.1, -0.05) is 15.9 Å². The molecule has 4 N–H and O–H groups in total. The zero-order valence-electron chi connectivity index (χ0n) is 9.22. The monoisotopic (exact) mass is 304 g/mol. The SMILES string of the molecule is NC(=O)n1c2ccc(Br)cc2c2c(N)nccc21. The van der Waals surface area contributed by atoms with E-state index in [1.807, 2.05) is 18.2 Å². The molecule has 0 spiro atoms. The van der Waals surface area contributed by atoms with Crippen LogP contribution in [0.4, 0.5) is 10.6 Å². The highest BCUT2D eigenvalue weighted by Gasteiger charge is 2.16. The number of nitrogen functional groups attached to an aromatic ring is 1. The van der Waals surface area contributed by atoms with Gasteiger partial charge in [-0.15, -0.1) is 0 Å². The number of nitrogens with zero attached hydrogens (tertiary/aromatic N) is 2. The molecule has 0 aliphatic rings. The van der Waals surface area contributed by atoms with Gasteiger partial charge in [0.25, 0.3) is 0 Å². The molecule has 0 atom stereocenters. The van der Waals surface area contributed by atoms with Crippen LogP contribution in [0.15, 0.2) is 34.9 Å². The van der Waals surface area contributed by atoms with Gasteiger partial charge in [0.1, 0.15) is 5.82 Å². The highest BCUT2D eigenvalue weighted by molar-refractivity contribution is 9.10. The summed E-state index contributed by atoms with van der Waals surface area (Å²) in [5.41, 5.74) is 12.7. The molecule has 3 rings (SSSR count). The molecule has 6 heteroatoms. The van der Waals surface area contributed by atoms with Crippen LogP contribution in [-0.2, 0) is 0 Å². The molecule has 3 aromatic rings. The van der Waals surface area contributed by atoms with Crippen LogP contribution < -0.4 is 11.5 Å². The molecule has 18 heavy (non-hydrogen) atoms. The van der Waals surface area contributed by atoms with E-state index in [2.05, 4.69) is 20.9 Å². The maximum Gasteiger partial charge on any atom is 0.323 e. The molecule has 0 saturated heterocycles. The lowest BCUT2D eigenvalue weighted by molar-refractivity contribution is 0.252. The largest absolute Gasteiger partial charge is 0.383 e. The second-order valence-electron chi connectivity index (χ2n) is 3.93. The van der Waals surface area contributed by atoms with Gasteiger partial charge in [0, 0.05) is 16.1 Å². The van der Waals surface area contributed by atoms with E-state index in [-0.39, 0.29) is 0 Å². The molecule has 0 saturated carbocycles. The third-order valence-electron chi connectivity index (χ3n) is 2.89. The summed E-state index contributed by atoms with van der Waals surface area (Å²) in [6.45, 7) is 0. The fraction of sp³-hybridized carbons (Fsp3) is 0. The summed E-state index contributed by atoms with van der Waals surface area (Å²) in [5.74, 6) is 0.385. The quantitative estimate of drug-likeness (QED) is 0.669. The highest BCUT2D eigenvalue weighted by Crippen LogP contribution is 2.33. The maximum atomic E-state index is 11.6. The van der Waals surface area contributed by atoms with Crippen LogP contribution in [0.25, 0.3) is 21.8 Å². The topological polar surface area (TPSA) is 86.9 Å². The molecule has 0 unspecified atom stereocenters. The number of pyridine rings is 1. The van der Waals surface area contributed by atoms with Crippen molar-refractivity contribution < 1.29 is 4.79 Å². The van der Waals surface area contributed by atoms with Crippen molar-refractivity contribution >= 4 is 49.6 Å². The van der Waals surface area contributed by atoms with Crippen molar-refractivity contribution in [2.24, 2.45) is 5.73 Å². The first-order valence-corrected chi connectivity index (χ1v) is 6.03. The van der Waals surface area contributed by atoms with E-state index in [9.17, 15) is 4.79 Å². The molecular weight excluding hydrogens is 296 g/mol. The van der Waals surface area contributed by atoms with Crippen LogP contribution in [0.2, 0.25) is 0 Å². The zero-order valence-corrected chi connectivity index (χ0v) is 10.8. The molecule has 5 nitrogen and oxygen atoms in total. The van der Waals surface area contributed by atoms with Crippen LogP contribution in [0.5, 0.6) is 0 Å². The van der Waals surface area contributed by atoms with E-state index < -0.39 is 6.03 Å². The Morgan fingerprint density at radius 1 is 1.28 bits per heavy atom. The van der Waals surface area contributed by atoms with Gasteiger partial charge in [-0.05, 0) is 24.3 Å². The summed E-state index contributed by atoms with van der Waals surface area (Å²) in [4.78, 5) is 15.7. The Hall–Kier alpha value is -2.08. The molecule has 0 aliphatic carbocycles. The average molecular weight is 305 g/mol. The minimum Gasteiger partial charge on any atom is -0.383 e. The summed E-state index contributed by atoms with van der Waals surface area (Å²) in [6.07, 6.45) is 1.56. The van der Waals surface area contributed by atoms with Gasteiger partial charge in [0.2, 0.25) is 0 Å². The molecule has 0 radical (unpaired) electrons. The number of halogens is 1. The third-order valence-corrected chi connectivity index (χ3v) is 3.38. The van der Waals surface area contributed by atoms with Crippen LogP contribution in [0.1, 0.15) is 0 Å². The summed E-state index contributed by atoms with van der Waals surface area (Å²) < 4.78 is 2.34. The van der Waals surface area contributed by atoms with Crippen molar-refractivity contribution in [2.45, 2.75) is 0 Å². The highest BCUT2D eigenvalue weighted by atomic mass is 79.9. The zero-order chi connectivity index (χ0) is 12.9. The van der Waals surface area contributed by atoms with Crippen molar-refractivity contribution in [1.29, 1.82) is 0 Å². The van der Waals surface area contributed by atoms with Crippen LogP contribution >= 0.6 is 15.9 Å². The number of anilines is 1. The lowest BCUT2D eigenvalue weighted by Gasteiger charge is -2.00. The summed E-state index contributed by atoms with van der Waals surface area (Å²) in [7, 11) is 0. The second kappa shape index (κ2) is 3.71. The second-order valence-corrected chi connectivity index (χ2v) is 4.84. The number of carbonyl (C=O) groups is 1. The molecule has 0 bridgehead atoms. The number of hydrogen-bond acceptors (Lipinski definition) is 3. The van der Waals surface area contributed by atoms with E-state index in [0.717, 1.165) is 20.8 Å². The van der Waals surface area contributed by atoms with Crippen molar-refractivity contribution in [1.82, 2.24) is 9.55 Å². The van der Waals surface area contributed by atoms with Crippen molar-refractivity contribution in [2.75, 3.05) is 5.73 Å². The van der Waals surface area contributed by atoms with Gasteiger partial charge < -0.3 is 11.5 Å². The van der Waals surface area contributed by atoms with Gasteiger partial charge in [-0.3, -0.25) is 4.57 Å². The number of carbonyl (C=O) groups excluding carboxylic acids is 1. The lowest BCUT2D eigenvalue weighted by Crippen LogP contribution is -2.18. The first-order valence-electron chi connectivity index (χ1n) is 5.23. The Morgan fingerprint density at radius 3 is 2.78 bits per heavy atom. The first-order chi connectivity index (χ1) is 8.59. The van der Waals surface area contributed by atoms with Crippen molar-refractivity contribution in [3.8, 4) is 0 Å². The van der Waals surface area contributed by atoms with Gasteiger partial charge >= 0.3 is 6.03 Å². The van der Waals surface area contributed by atoms with Crippen molar-refractivity contribution in [3.05, 3.63) is 34.9 Å². The first kappa shape index (κ1) is 11.0. The molecule has 0 fully saturated rings. The Kier molecular flexibility index (Phi) is 2.27. The number of benzene rings is 1. The average Bonchev–Trinajstić information content (AvgIpc) is 2.63. The number of nitrogens with two attached hydrogens (primary N) is 2. The number of rotatable bonds is 0. The number of primary amides is 1. The molecule has 1 aromatic carbocycles. The predicted octanol–water partition coefficient (Wildman–Crippen LogP) is 2.46. The standard InChI is InChI=1S/C12H9BrN4O/c13-6-1-2-8-7(5-6)10-9(17(8)12(15)18)3-4-16-11(10)14/h1-5H,(H2,14,16)(H2,15,18). The van der Waals surface area contributed by atoms with Gasteiger partial charge in [0.05, 0.1) is 16.4 Å². The summed E-state index contributed by atoms with van der Waals surface area (Å²) in [5, 5.41) is 1.59. The molecule has 2 heterocycles. The van der Waals surface area contributed by atoms with Gasteiger partial charge in [-0.2, -0.15) is 0 Å². The van der Waals surface area contributed by atoms with E-state index >= 15 is 0 Å². The lowest BCUT2D eigenvalue weighted by atomic mass is 10.2. The summed E-state index contributed by atoms with van der Waals surface area (Å²) >= 11 is 3.40. The fourth-order valence-electron chi connectivity index (χ4n) is 2.20. The fourth-order valence-corrected chi connectivity index (χ4v) is 2.56. The Bertz CT molecular complexity index is 793. The van der Waals surface area contributed by atoms with Gasteiger partial charge in [-0.25, -0.2) is 9.78 Å². The summed E-state index contributed by atoms with van der Waals surface area (Å²) in [6, 6.07) is 6.76. The van der Waals surface area contributed by atoms with E-state index in [4.69, 9.17) is 11.5 Å². The van der Waals surface area contributed by atoms with Crippen molar-refractivity contribution in [3.63, 3.8) is 0 Å². The molecule has 2 aromatic heterocycles. The normalized spacial score (nSPS) is 11.2. The Morgan fingerprint density at radius 2 is 2.06 bits per heavy atom. The Balaban J connectivity index is 2.66. The number of fused-ring (bicyclic) bond motifs is 3. The van der Waals surface area contributed by atoms with Crippen LogP contribution in [-0.4, -0.2) is 15.6 Å². The smallest absolute Gasteiger partial charge is 0.323 e. The molecule has 1 amide bonds. The van der Waals surface area contributed by atoms with E-state index in [1.54, 1.807) is 12.3 Å². The maximum absolute atomic E-state index is 11.6. The van der Waals surface area contributed by atoms with E-state index in [0.29, 0.717) is 11.3 Å². The van der Waals surface area contributed by atoms with Crippen LogP contribution in [0, 0.1) is 0 Å². The number of hydrogen-bond donors (Lipinski definition) is 2. The predicted molar refractivity (Wildman–Crippen MR) is 74.3 cm³/mol. The van der Waals surface area contributed by atoms with Gasteiger partial charge in [0.15, 0.2) is 0 Å². The third kappa shape index (κ3) is 1.39. The minimum absolute atomic E-state index is 0.385. The molecular formula is C12H9BrN4O. The minimum atomic E-state index is -0.539. The molecule has 0 aliphatic heterocycles.